The molecule has 1 N–H and O–H groups in total. The molecule has 1 aliphatic carbocycles. The molecule has 2 heteroatoms. The molecule has 1 aliphatic heterocycles. The Morgan fingerprint density at radius 3 is 2.33 bits per heavy atom. The summed E-state index contributed by atoms with van der Waals surface area (Å²) in [6.07, 6.45) is 4.17. The Morgan fingerprint density at radius 1 is 1.17 bits per heavy atom. The molecule has 2 fully saturated rings. The maximum absolute atomic E-state index is 3.79. The van der Waals surface area contributed by atoms with Crippen molar-refractivity contribution < 1.29 is 0 Å². The van der Waals surface area contributed by atoms with E-state index in [1.54, 1.807) is 0 Å². The summed E-state index contributed by atoms with van der Waals surface area (Å²) in [4.78, 5) is 2.78. The van der Waals surface area contributed by atoms with Crippen LogP contribution in [0.2, 0.25) is 0 Å². The van der Waals surface area contributed by atoms with Gasteiger partial charge < -0.3 is 5.32 Å². The van der Waals surface area contributed by atoms with E-state index in [4.69, 9.17) is 0 Å². The summed E-state index contributed by atoms with van der Waals surface area (Å²) in [5.41, 5.74) is 0.452. The molecular formula is C16H32N2. The van der Waals surface area contributed by atoms with Crippen LogP contribution in [0.1, 0.15) is 53.9 Å². The zero-order chi connectivity index (χ0) is 13.3. The molecule has 0 aromatic rings. The van der Waals surface area contributed by atoms with Crippen molar-refractivity contribution in [3.05, 3.63) is 0 Å². The van der Waals surface area contributed by atoms with Crippen LogP contribution >= 0.6 is 0 Å². The van der Waals surface area contributed by atoms with Gasteiger partial charge in [0.1, 0.15) is 0 Å². The molecule has 18 heavy (non-hydrogen) atoms. The molecule has 0 bridgehead atoms. The van der Waals surface area contributed by atoms with Crippen molar-refractivity contribution in [3.63, 3.8) is 0 Å². The molecule has 1 heterocycles. The van der Waals surface area contributed by atoms with Crippen LogP contribution in [0.25, 0.3) is 0 Å². The van der Waals surface area contributed by atoms with Crippen LogP contribution in [0, 0.1) is 17.3 Å². The van der Waals surface area contributed by atoms with Crippen LogP contribution in [-0.4, -0.2) is 36.6 Å². The molecule has 0 aromatic carbocycles. The first kappa shape index (κ1) is 14.3. The van der Waals surface area contributed by atoms with Gasteiger partial charge in [0.15, 0.2) is 0 Å². The summed E-state index contributed by atoms with van der Waals surface area (Å²) >= 11 is 0. The van der Waals surface area contributed by atoms with E-state index in [2.05, 4.69) is 44.8 Å². The predicted octanol–water partition coefficient (Wildman–Crippen LogP) is 3.13. The minimum Gasteiger partial charge on any atom is -0.312 e. The molecule has 0 radical (unpaired) electrons. The van der Waals surface area contributed by atoms with Gasteiger partial charge in [-0.3, -0.25) is 4.90 Å². The van der Waals surface area contributed by atoms with E-state index in [-0.39, 0.29) is 0 Å². The fourth-order valence-electron chi connectivity index (χ4n) is 4.08. The van der Waals surface area contributed by atoms with Crippen LogP contribution in [0.3, 0.4) is 0 Å². The number of hydrogen-bond donors (Lipinski definition) is 1. The average molecular weight is 252 g/mol. The highest BCUT2D eigenvalue weighted by molar-refractivity contribution is 5.00. The van der Waals surface area contributed by atoms with Gasteiger partial charge in [0.05, 0.1) is 0 Å². The van der Waals surface area contributed by atoms with E-state index in [1.807, 2.05) is 0 Å². The highest BCUT2D eigenvalue weighted by Crippen LogP contribution is 2.39. The van der Waals surface area contributed by atoms with Gasteiger partial charge in [-0.15, -0.1) is 0 Å². The molecule has 0 aromatic heterocycles. The molecule has 1 saturated carbocycles. The summed E-state index contributed by atoms with van der Waals surface area (Å²) in [5, 5.41) is 3.79. The fraction of sp³-hybridized carbons (Fsp3) is 1.00. The minimum absolute atomic E-state index is 0.452. The molecule has 4 unspecified atom stereocenters. The fourth-order valence-corrected chi connectivity index (χ4v) is 4.08. The van der Waals surface area contributed by atoms with Crippen molar-refractivity contribution in [2.24, 2.45) is 17.3 Å². The highest BCUT2D eigenvalue weighted by atomic mass is 15.2. The Hall–Kier alpha value is -0.0800. The van der Waals surface area contributed by atoms with E-state index in [9.17, 15) is 0 Å². The summed E-state index contributed by atoms with van der Waals surface area (Å²) < 4.78 is 0. The van der Waals surface area contributed by atoms with Crippen molar-refractivity contribution in [2.75, 3.05) is 19.6 Å². The number of rotatable bonds is 3. The lowest BCUT2D eigenvalue weighted by atomic mass is 9.70. The SMILES string of the molecule is CCNC1C(N2CC(C)C(C)C2)CCCC1(C)C. The topological polar surface area (TPSA) is 15.3 Å². The van der Waals surface area contributed by atoms with Crippen molar-refractivity contribution >= 4 is 0 Å². The predicted molar refractivity (Wildman–Crippen MR) is 78.8 cm³/mol. The van der Waals surface area contributed by atoms with Gasteiger partial charge in [0.25, 0.3) is 0 Å². The maximum atomic E-state index is 3.79. The minimum atomic E-state index is 0.452. The number of nitrogens with one attached hydrogen (secondary N) is 1. The molecule has 2 nitrogen and oxygen atoms in total. The average Bonchev–Trinajstić information content (AvgIpc) is 2.62. The Kier molecular flexibility index (Phi) is 4.38. The second-order valence-corrected chi connectivity index (χ2v) is 7.39. The second kappa shape index (κ2) is 5.50. The number of nitrogens with zero attached hydrogens (tertiary/aromatic N) is 1. The molecule has 4 atom stereocenters. The zero-order valence-corrected chi connectivity index (χ0v) is 13.0. The second-order valence-electron chi connectivity index (χ2n) is 7.39. The molecular weight excluding hydrogens is 220 g/mol. The monoisotopic (exact) mass is 252 g/mol. The largest absolute Gasteiger partial charge is 0.312 e. The van der Waals surface area contributed by atoms with Gasteiger partial charge in [-0.05, 0) is 36.6 Å². The summed E-state index contributed by atoms with van der Waals surface area (Å²) in [6.45, 7) is 15.7. The van der Waals surface area contributed by atoms with Gasteiger partial charge in [-0.2, -0.15) is 0 Å². The lowest BCUT2D eigenvalue weighted by Gasteiger charge is -2.48. The van der Waals surface area contributed by atoms with Crippen molar-refractivity contribution in [2.45, 2.75) is 66.0 Å². The van der Waals surface area contributed by atoms with E-state index in [0.29, 0.717) is 11.5 Å². The van der Waals surface area contributed by atoms with Crippen LogP contribution in [0.5, 0.6) is 0 Å². The normalized spacial score (nSPS) is 41.2. The van der Waals surface area contributed by atoms with Gasteiger partial charge >= 0.3 is 0 Å². The summed E-state index contributed by atoms with van der Waals surface area (Å²) in [5.74, 6) is 1.75. The molecule has 0 spiro atoms. The Bertz CT molecular complexity index is 264. The third-order valence-electron chi connectivity index (χ3n) is 5.46. The first-order valence-corrected chi connectivity index (χ1v) is 7.93. The van der Waals surface area contributed by atoms with Gasteiger partial charge in [0.2, 0.25) is 0 Å². The Morgan fingerprint density at radius 2 is 1.78 bits per heavy atom. The standard InChI is InChI=1S/C16H32N2/c1-6-17-15-14(8-7-9-16(15,4)5)18-10-12(2)13(3)11-18/h12-15,17H,6-11H2,1-5H3. The van der Waals surface area contributed by atoms with Crippen LogP contribution in [0.4, 0.5) is 0 Å². The zero-order valence-electron chi connectivity index (χ0n) is 13.0. The lowest BCUT2D eigenvalue weighted by Crippen LogP contribution is -2.58. The van der Waals surface area contributed by atoms with Crippen LogP contribution < -0.4 is 5.32 Å². The van der Waals surface area contributed by atoms with Gasteiger partial charge in [0, 0.05) is 25.2 Å². The number of hydrogen-bond acceptors (Lipinski definition) is 2. The first-order chi connectivity index (χ1) is 8.45. The molecule has 1 saturated heterocycles. The van der Waals surface area contributed by atoms with Gasteiger partial charge in [-0.25, -0.2) is 0 Å². The van der Waals surface area contributed by atoms with Crippen LogP contribution in [-0.2, 0) is 0 Å². The Balaban J connectivity index is 2.09. The Labute approximate surface area is 114 Å². The lowest BCUT2D eigenvalue weighted by molar-refractivity contribution is 0.0597. The summed E-state index contributed by atoms with van der Waals surface area (Å²) in [6, 6.07) is 1.44. The van der Waals surface area contributed by atoms with E-state index >= 15 is 0 Å². The molecule has 2 rings (SSSR count). The van der Waals surface area contributed by atoms with E-state index in [1.165, 1.54) is 32.4 Å². The molecule has 0 amide bonds. The number of likely N-dealkylation sites (tertiary alicyclic amines) is 1. The third-order valence-corrected chi connectivity index (χ3v) is 5.46. The van der Waals surface area contributed by atoms with E-state index in [0.717, 1.165) is 24.4 Å². The third kappa shape index (κ3) is 2.75. The smallest absolute Gasteiger partial charge is 0.0274 e. The molecule has 2 aliphatic rings. The summed E-state index contributed by atoms with van der Waals surface area (Å²) in [7, 11) is 0. The quantitative estimate of drug-likeness (QED) is 0.830. The maximum Gasteiger partial charge on any atom is 0.0274 e. The first-order valence-electron chi connectivity index (χ1n) is 7.93. The number of likely N-dealkylation sites (N-methyl/N-ethyl adjacent to an activating group) is 1. The van der Waals surface area contributed by atoms with Crippen molar-refractivity contribution in [3.8, 4) is 0 Å². The van der Waals surface area contributed by atoms with Crippen LogP contribution in [0.15, 0.2) is 0 Å². The van der Waals surface area contributed by atoms with Crippen molar-refractivity contribution in [1.82, 2.24) is 10.2 Å². The van der Waals surface area contributed by atoms with E-state index < -0.39 is 0 Å². The van der Waals surface area contributed by atoms with Crippen molar-refractivity contribution in [1.29, 1.82) is 0 Å². The highest BCUT2D eigenvalue weighted by Gasteiger charge is 2.43. The van der Waals surface area contributed by atoms with Gasteiger partial charge in [-0.1, -0.05) is 41.0 Å². The molecule has 106 valence electrons.